The van der Waals surface area contributed by atoms with Gasteiger partial charge in [-0.25, -0.2) is 0 Å². The Morgan fingerprint density at radius 3 is 2.83 bits per heavy atom. The molecule has 0 unspecified atom stereocenters. The molecule has 6 nitrogen and oxygen atoms in total. The maximum absolute atomic E-state index is 12.9. The van der Waals surface area contributed by atoms with Crippen molar-refractivity contribution in [3.63, 3.8) is 0 Å². The highest BCUT2D eigenvalue weighted by molar-refractivity contribution is 8.03. The molecule has 148 valence electrons. The normalized spacial score (nSPS) is 19.7. The smallest absolute Gasteiger partial charge is 0.229 e. The van der Waals surface area contributed by atoms with Crippen LogP contribution in [0.2, 0.25) is 0 Å². The van der Waals surface area contributed by atoms with Gasteiger partial charge in [0.2, 0.25) is 5.91 Å². The van der Waals surface area contributed by atoms with Crippen molar-refractivity contribution in [1.29, 1.82) is 5.26 Å². The predicted molar refractivity (Wildman–Crippen MR) is 112 cm³/mol. The highest BCUT2D eigenvalue weighted by Gasteiger charge is 2.38. The molecule has 1 aromatic carbocycles. The van der Waals surface area contributed by atoms with Gasteiger partial charge in [0.15, 0.2) is 0 Å². The number of pyridine rings is 1. The number of ether oxygens (including phenoxy) is 1. The van der Waals surface area contributed by atoms with Gasteiger partial charge in [-0.3, -0.25) is 19.6 Å². The molecular weight excluding hydrogens is 384 g/mol. The zero-order chi connectivity index (χ0) is 20.2. The Morgan fingerprint density at radius 1 is 1.31 bits per heavy atom. The average Bonchev–Trinajstić information content (AvgIpc) is 2.75. The second-order valence-corrected chi connectivity index (χ2v) is 7.95. The Bertz CT molecular complexity index is 953. The number of fused-ring (bicyclic) bond motifs is 1. The number of benzene rings is 1. The summed E-state index contributed by atoms with van der Waals surface area (Å²) in [5.74, 6) is 1.38. The molecule has 2 aromatic rings. The van der Waals surface area contributed by atoms with Gasteiger partial charge in [0, 0.05) is 31.3 Å². The molecule has 1 fully saturated rings. The van der Waals surface area contributed by atoms with Crippen LogP contribution in [0.3, 0.4) is 0 Å². The summed E-state index contributed by atoms with van der Waals surface area (Å²) >= 11 is 1.56. The second-order valence-electron chi connectivity index (χ2n) is 7.02. The van der Waals surface area contributed by atoms with E-state index < -0.39 is 0 Å². The summed E-state index contributed by atoms with van der Waals surface area (Å²) in [7, 11) is 0. The van der Waals surface area contributed by atoms with Crippen molar-refractivity contribution in [2.45, 2.75) is 25.8 Å². The average molecular weight is 407 g/mol. The van der Waals surface area contributed by atoms with Crippen molar-refractivity contribution in [1.82, 2.24) is 14.8 Å². The summed E-state index contributed by atoms with van der Waals surface area (Å²) < 4.78 is 5.50. The van der Waals surface area contributed by atoms with E-state index >= 15 is 0 Å². The van der Waals surface area contributed by atoms with Gasteiger partial charge in [0.1, 0.15) is 5.75 Å². The Labute approximate surface area is 174 Å². The van der Waals surface area contributed by atoms with Crippen molar-refractivity contribution >= 4 is 17.7 Å². The van der Waals surface area contributed by atoms with Crippen LogP contribution < -0.4 is 4.74 Å². The number of amides is 1. The first kappa shape index (κ1) is 19.5. The molecule has 3 heterocycles. The van der Waals surface area contributed by atoms with Gasteiger partial charge >= 0.3 is 0 Å². The van der Waals surface area contributed by atoms with Crippen molar-refractivity contribution in [2.24, 2.45) is 0 Å². The van der Waals surface area contributed by atoms with E-state index in [-0.39, 0.29) is 11.8 Å². The molecule has 0 saturated carbocycles. The lowest BCUT2D eigenvalue weighted by Crippen LogP contribution is -2.46. The summed E-state index contributed by atoms with van der Waals surface area (Å²) in [5, 5.41) is 10.7. The molecule has 2 aliphatic heterocycles. The number of carbonyl (C=O) groups excluding carboxylic acids is 1. The fraction of sp³-hybridized carbons (Fsp3) is 0.318. The van der Waals surface area contributed by atoms with Crippen molar-refractivity contribution in [3.05, 3.63) is 70.5 Å². The molecule has 1 saturated heterocycles. The topological polar surface area (TPSA) is 69.5 Å². The van der Waals surface area contributed by atoms with Gasteiger partial charge in [-0.2, -0.15) is 5.26 Å². The lowest BCUT2D eigenvalue weighted by molar-refractivity contribution is -0.131. The molecule has 4 rings (SSSR count). The van der Waals surface area contributed by atoms with Crippen molar-refractivity contribution in [3.8, 4) is 11.8 Å². The predicted octanol–water partition coefficient (Wildman–Crippen LogP) is 3.70. The molecule has 0 aliphatic carbocycles. The maximum Gasteiger partial charge on any atom is 0.229 e. The number of nitrogens with zero attached hydrogens (tertiary/aromatic N) is 4. The highest BCUT2D eigenvalue weighted by atomic mass is 32.2. The third-order valence-electron chi connectivity index (χ3n) is 5.07. The van der Waals surface area contributed by atoms with E-state index in [1.54, 1.807) is 22.9 Å². The van der Waals surface area contributed by atoms with Crippen LogP contribution in [0.1, 0.15) is 30.4 Å². The van der Waals surface area contributed by atoms with E-state index in [0.29, 0.717) is 25.3 Å². The molecule has 2 aliphatic rings. The number of rotatable bonds is 5. The van der Waals surface area contributed by atoms with Crippen LogP contribution in [0.4, 0.5) is 0 Å². The van der Waals surface area contributed by atoms with Crippen molar-refractivity contribution in [2.75, 3.05) is 19.2 Å². The maximum atomic E-state index is 12.9. The van der Waals surface area contributed by atoms with Crippen molar-refractivity contribution < 1.29 is 9.53 Å². The van der Waals surface area contributed by atoms with E-state index in [0.717, 1.165) is 34.3 Å². The molecule has 7 heteroatoms. The number of aromatic nitrogens is 1. The number of carbonyl (C=O) groups is 1. The van der Waals surface area contributed by atoms with Crippen LogP contribution in [0.25, 0.3) is 0 Å². The second kappa shape index (κ2) is 8.68. The number of nitriles is 1. The molecule has 0 radical (unpaired) electrons. The molecule has 29 heavy (non-hydrogen) atoms. The SMILES string of the molecule is CCOc1ccc([C@@H]2CC(=O)N3CN(Cc4cccnc4)CSC3=C2C#N)cc1. The lowest BCUT2D eigenvalue weighted by atomic mass is 9.86. The summed E-state index contributed by atoms with van der Waals surface area (Å²) in [6.07, 6.45) is 3.90. The summed E-state index contributed by atoms with van der Waals surface area (Å²) in [5.41, 5.74) is 2.77. The molecular formula is C22H22N4O2S. The Hall–Kier alpha value is -2.82. The minimum absolute atomic E-state index is 0.0567. The van der Waals surface area contributed by atoms with E-state index in [9.17, 15) is 10.1 Å². The number of thioether (sulfide) groups is 1. The highest BCUT2D eigenvalue weighted by Crippen LogP contribution is 2.42. The van der Waals surface area contributed by atoms with Gasteiger partial charge in [0.05, 0.1) is 35.8 Å². The zero-order valence-corrected chi connectivity index (χ0v) is 17.1. The van der Waals surface area contributed by atoms with Crippen LogP contribution >= 0.6 is 11.8 Å². The molecule has 0 bridgehead atoms. The lowest BCUT2D eigenvalue weighted by Gasteiger charge is -2.41. The third-order valence-corrected chi connectivity index (χ3v) is 6.28. The third kappa shape index (κ3) is 4.14. The summed E-state index contributed by atoms with van der Waals surface area (Å²) in [6, 6.07) is 14.0. The summed E-state index contributed by atoms with van der Waals surface area (Å²) in [4.78, 5) is 21.1. The molecule has 1 atom stereocenters. The first-order valence-corrected chi connectivity index (χ1v) is 10.6. The van der Waals surface area contributed by atoms with Crippen LogP contribution in [0, 0.1) is 11.3 Å². The zero-order valence-electron chi connectivity index (χ0n) is 16.2. The summed E-state index contributed by atoms with van der Waals surface area (Å²) in [6.45, 7) is 3.77. The first-order chi connectivity index (χ1) is 14.2. The van der Waals surface area contributed by atoms with Crippen LogP contribution in [0.15, 0.2) is 59.4 Å². The van der Waals surface area contributed by atoms with Crippen LogP contribution in [-0.2, 0) is 11.3 Å². The first-order valence-electron chi connectivity index (χ1n) is 9.61. The van der Waals surface area contributed by atoms with E-state index in [1.807, 2.05) is 49.5 Å². The fourth-order valence-electron chi connectivity index (χ4n) is 3.71. The minimum Gasteiger partial charge on any atom is -0.494 e. The van der Waals surface area contributed by atoms with Gasteiger partial charge in [-0.15, -0.1) is 0 Å². The minimum atomic E-state index is -0.202. The molecule has 0 N–H and O–H groups in total. The molecule has 1 amide bonds. The van der Waals surface area contributed by atoms with E-state index in [2.05, 4.69) is 16.0 Å². The molecule has 1 aromatic heterocycles. The number of hydrogen-bond donors (Lipinski definition) is 0. The Morgan fingerprint density at radius 2 is 2.14 bits per heavy atom. The number of hydrogen-bond acceptors (Lipinski definition) is 6. The number of allylic oxidation sites excluding steroid dienone is 1. The quantitative estimate of drug-likeness (QED) is 0.754. The Kier molecular flexibility index (Phi) is 5.84. The largest absolute Gasteiger partial charge is 0.494 e. The van der Waals surface area contributed by atoms with E-state index in [1.165, 1.54) is 0 Å². The Balaban J connectivity index is 1.56. The van der Waals surface area contributed by atoms with Crippen LogP contribution in [0.5, 0.6) is 5.75 Å². The van der Waals surface area contributed by atoms with Crippen LogP contribution in [-0.4, -0.2) is 39.8 Å². The monoisotopic (exact) mass is 406 g/mol. The van der Waals surface area contributed by atoms with Gasteiger partial charge in [-0.1, -0.05) is 30.0 Å². The van der Waals surface area contributed by atoms with E-state index in [4.69, 9.17) is 4.74 Å². The van der Waals surface area contributed by atoms with Gasteiger partial charge in [0.25, 0.3) is 0 Å². The standard InChI is InChI=1S/C22H22N4O2S/c1-2-28-18-7-5-17(6-8-18)19-10-21(27)26-14-25(13-16-4-3-9-24-12-16)15-29-22(26)20(19)11-23/h3-9,12,19H,2,10,13-15H2,1H3/t19-/m0/s1. The molecule has 0 spiro atoms. The van der Waals surface area contributed by atoms with Gasteiger partial charge in [-0.05, 0) is 36.2 Å². The van der Waals surface area contributed by atoms with Gasteiger partial charge < -0.3 is 4.74 Å². The fourth-order valence-corrected chi connectivity index (χ4v) is 4.84.